The SMILES string of the molecule is Cc1nc(C)c(C(=O)NCc2ccc(Cn3ccccc3=O)cc2)s1. The van der Waals surface area contributed by atoms with Crippen LogP contribution in [0.5, 0.6) is 0 Å². The number of rotatable bonds is 5. The molecule has 3 aromatic rings. The molecular weight excluding hydrogens is 334 g/mol. The Labute approximate surface area is 150 Å². The lowest BCUT2D eigenvalue weighted by Crippen LogP contribution is -2.22. The number of hydrogen-bond donors (Lipinski definition) is 1. The Morgan fingerprint density at radius 2 is 1.84 bits per heavy atom. The van der Waals surface area contributed by atoms with Gasteiger partial charge >= 0.3 is 0 Å². The highest BCUT2D eigenvalue weighted by molar-refractivity contribution is 7.13. The second-order valence-corrected chi connectivity index (χ2v) is 7.02. The van der Waals surface area contributed by atoms with Gasteiger partial charge in [-0.3, -0.25) is 9.59 Å². The number of carbonyl (C=O) groups excluding carboxylic acids is 1. The van der Waals surface area contributed by atoms with Gasteiger partial charge in [0.2, 0.25) is 0 Å². The number of carbonyl (C=O) groups is 1. The van der Waals surface area contributed by atoms with Gasteiger partial charge in [-0.05, 0) is 31.0 Å². The predicted octanol–water partition coefficient (Wildman–Crippen LogP) is 2.90. The van der Waals surface area contributed by atoms with E-state index >= 15 is 0 Å². The van der Waals surface area contributed by atoms with E-state index in [4.69, 9.17) is 0 Å². The molecule has 0 saturated heterocycles. The highest BCUT2D eigenvalue weighted by Gasteiger charge is 2.13. The van der Waals surface area contributed by atoms with E-state index in [-0.39, 0.29) is 11.5 Å². The second kappa shape index (κ2) is 7.44. The molecule has 0 aliphatic heterocycles. The van der Waals surface area contributed by atoms with Crippen molar-refractivity contribution in [1.82, 2.24) is 14.9 Å². The molecular formula is C19H19N3O2S. The highest BCUT2D eigenvalue weighted by atomic mass is 32.1. The number of pyridine rings is 1. The summed E-state index contributed by atoms with van der Waals surface area (Å²) in [5.74, 6) is -0.0944. The quantitative estimate of drug-likeness (QED) is 0.767. The van der Waals surface area contributed by atoms with Gasteiger partial charge < -0.3 is 9.88 Å². The molecule has 0 unspecified atom stereocenters. The Bertz CT molecular complexity index is 942. The van der Waals surface area contributed by atoms with Crippen LogP contribution in [0, 0.1) is 13.8 Å². The van der Waals surface area contributed by atoms with Gasteiger partial charge in [0, 0.05) is 18.8 Å². The summed E-state index contributed by atoms with van der Waals surface area (Å²) in [6.45, 7) is 4.73. The molecule has 6 heteroatoms. The van der Waals surface area contributed by atoms with Crippen LogP contribution in [0.2, 0.25) is 0 Å². The molecule has 1 aromatic carbocycles. The van der Waals surface area contributed by atoms with E-state index in [1.807, 2.05) is 44.2 Å². The van der Waals surface area contributed by atoms with Crippen molar-refractivity contribution in [3.8, 4) is 0 Å². The summed E-state index contributed by atoms with van der Waals surface area (Å²) >= 11 is 1.41. The maximum absolute atomic E-state index is 12.2. The molecule has 0 spiro atoms. The van der Waals surface area contributed by atoms with Crippen molar-refractivity contribution in [2.75, 3.05) is 0 Å². The smallest absolute Gasteiger partial charge is 0.263 e. The number of benzene rings is 1. The zero-order chi connectivity index (χ0) is 17.8. The van der Waals surface area contributed by atoms with E-state index < -0.39 is 0 Å². The van der Waals surface area contributed by atoms with Crippen LogP contribution in [0.4, 0.5) is 0 Å². The van der Waals surface area contributed by atoms with Crippen LogP contribution in [-0.4, -0.2) is 15.5 Å². The zero-order valence-corrected chi connectivity index (χ0v) is 15.0. The minimum absolute atomic E-state index is 0.0194. The van der Waals surface area contributed by atoms with Crippen molar-refractivity contribution >= 4 is 17.2 Å². The molecule has 5 nitrogen and oxygen atoms in total. The van der Waals surface area contributed by atoms with Gasteiger partial charge in [0.05, 0.1) is 17.2 Å². The standard InChI is InChI=1S/C19H19N3O2S/c1-13-18(25-14(2)21-13)19(24)20-11-15-6-8-16(9-7-15)12-22-10-4-3-5-17(22)23/h3-10H,11-12H2,1-2H3,(H,20,24). The van der Waals surface area contributed by atoms with Crippen molar-refractivity contribution < 1.29 is 4.79 Å². The molecule has 3 rings (SSSR count). The fourth-order valence-corrected chi connectivity index (χ4v) is 3.39. The summed E-state index contributed by atoms with van der Waals surface area (Å²) in [6.07, 6.45) is 1.77. The van der Waals surface area contributed by atoms with Crippen LogP contribution in [-0.2, 0) is 13.1 Å². The van der Waals surface area contributed by atoms with Gasteiger partial charge in [-0.15, -0.1) is 11.3 Å². The molecule has 25 heavy (non-hydrogen) atoms. The predicted molar refractivity (Wildman–Crippen MR) is 99.0 cm³/mol. The third-order valence-corrected chi connectivity index (χ3v) is 4.91. The molecule has 128 valence electrons. The molecule has 0 aliphatic carbocycles. The van der Waals surface area contributed by atoms with Crippen molar-refractivity contribution in [3.05, 3.63) is 85.7 Å². The summed E-state index contributed by atoms with van der Waals surface area (Å²) in [4.78, 5) is 28.9. The Morgan fingerprint density at radius 1 is 1.12 bits per heavy atom. The number of nitrogens with zero attached hydrogens (tertiary/aromatic N) is 2. The third kappa shape index (κ3) is 4.22. The van der Waals surface area contributed by atoms with Gasteiger partial charge in [-0.1, -0.05) is 30.3 Å². The first-order valence-corrected chi connectivity index (χ1v) is 8.80. The van der Waals surface area contributed by atoms with Crippen molar-refractivity contribution in [1.29, 1.82) is 0 Å². The number of hydrogen-bond acceptors (Lipinski definition) is 4. The lowest BCUT2D eigenvalue weighted by Gasteiger charge is -2.08. The van der Waals surface area contributed by atoms with Gasteiger partial charge in [0.25, 0.3) is 11.5 Å². The molecule has 0 aliphatic rings. The fourth-order valence-electron chi connectivity index (χ4n) is 2.56. The topological polar surface area (TPSA) is 64.0 Å². The van der Waals surface area contributed by atoms with Crippen LogP contribution < -0.4 is 10.9 Å². The van der Waals surface area contributed by atoms with Crippen LogP contribution >= 0.6 is 11.3 Å². The Balaban J connectivity index is 1.61. The van der Waals surface area contributed by atoms with Crippen LogP contribution in [0.1, 0.15) is 31.5 Å². The summed E-state index contributed by atoms with van der Waals surface area (Å²) in [7, 11) is 0. The molecule has 2 heterocycles. The van der Waals surface area contributed by atoms with Gasteiger partial charge in [-0.25, -0.2) is 4.98 Å². The monoisotopic (exact) mass is 353 g/mol. The van der Waals surface area contributed by atoms with Crippen LogP contribution in [0.15, 0.2) is 53.5 Å². The first kappa shape index (κ1) is 17.1. The van der Waals surface area contributed by atoms with Gasteiger partial charge in [0.15, 0.2) is 0 Å². The lowest BCUT2D eigenvalue weighted by molar-refractivity contribution is 0.0954. The van der Waals surface area contributed by atoms with E-state index in [0.717, 1.165) is 21.8 Å². The molecule has 0 saturated carbocycles. The number of amides is 1. The fraction of sp³-hybridized carbons (Fsp3) is 0.211. The number of thiazole rings is 1. The Morgan fingerprint density at radius 3 is 2.48 bits per heavy atom. The number of aryl methyl sites for hydroxylation is 2. The molecule has 0 radical (unpaired) electrons. The van der Waals surface area contributed by atoms with Gasteiger partial charge in [-0.2, -0.15) is 0 Å². The summed E-state index contributed by atoms with van der Waals surface area (Å²) in [5, 5.41) is 3.82. The first-order valence-electron chi connectivity index (χ1n) is 7.98. The molecule has 0 bridgehead atoms. The minimum atomic E-state index is -0.0944. The van der Waals surface area contributed by atoms with Crippen molar-refractivity contribution in [2.24, 2.45) is 0 Å². The first-order chi connectivity index (χ1) is 12.0. The molecule has 1 amide bonds. The molecule has 0 fully saturated rings. The summed E-state index contributed by atoms with van der Waals surface area (Å²) < 4.78 is 1.66. The largest absolute Gasteiger partial charge is 0.347 e. The van der Waals surface area contributed by atoms with Crippen molar-refractivity contribution in [2.45, 2.75) is 26.9 Å². The van der Waals surface area contributed by atoms with E-state index in [1.165, 1.54) is 11.3 Å². The maximum Gasteiger partial charge on any atom is 0.263 e. The Kier molecular flexibility index (Phi) is 5.09. The summed E-state index contributed by atoms with van der Waals surface area (Å²) in [5.41, 5.74) is 2.80. The molecule has 1 N–H and O–H groups in total. The van der Waals surface area contributed by atoms with E-state index in [0.29, 0.717) is 18.0 Å². The third-order valence-electron chi connectivity index (χ3n) is 3.84. The number of aromatic nitrogens is 2. The average molecular weight is 353 g/mol. The second-order valence-electron chi connectivity index (χ2n) is 5.81. The minimum Gasteiger partial charge on any atom is -0.347 e. The van der Waals surface area contributed by atoms with E-state index in [1.54, 1.807) is 22.9 Å². The zero-order valence-electron chi connectivity index (χ0n) is 14.2. The normalized spacial score (nSPS) is 10.6. The van der Waals surface area contributed by atoms with E-state index in [2.05, 4.69) is 10.3 Å². The van der Waals surface area contributed by atoms with E-state index in [9.17, 15) is 9.59 Å². The maximum atomic E-state index is 12.2. The average Bonchev–Trinajstić information content (AvgIpc) is 2.94. The lowest BCUT2D eigenvalue weighted by atomic mass is 10.1. The molecule has 0 atom stereocenters. The van der Waals surface area contributed by atoms with Crippen molar-refractivity contribution in [3.63, 3.8) is 0 Å². The number of nitrogens with one attached hydrogen (secondary N) is 1. The summed E-state index contributed by atoms with van der Waals surface area (Å²) in [6, 6.07) is 13.0. The van der Waals surface area contributed by atoms with Gasteiger partial charge in [0.1, 0.15) is 4.88 Å². The molecule has 2 aromatic heterocycles. The van der Waals surface area contributed by atoms with Crippen LogP contribution in [0.25, 0.3) is 0 Å². The van der Waals surface area contributed by atoms with Crippen LogP contribution in [0.3, 0.4) is 0 Å². The highest BCUT2D eigenvalue weighted by Crippen LogP contribution is 2.17. The Hall–Kier alpha value is -2.73.